The van der Waals surface area contributed by atoms with Crippen LogP contribution in [0.1, 0.15) is 71.1 Å². The summed E-state index contributed by atoms with van der Waals surface area (Å²) < 4.78 is 15.9. The summed E-state index contributed by atoms with van der Waals surface area (Å²) in [5, 5.41) is 2.95. The van der Waals surface area contributed by atoms with Crippen molar-refractivity contribution in [3.63, 3.8) is 0 Å². The second kappa shape index (κ2) is 11.0. The molecule has 3 rings (SSSR count). The van der Waals surface area contributed by atoms with Crippen LogP contribution in [0.2, 0.25) is 0 Å². The lowest BCUT2D eigenvalue weighted by molar-refractivity contribution is -0.139. The van der Waals surface area contributed by atoms with Gasteiger partial charge in [-0.1, -0.05) is 31.9 Å². The van der Waals surface area contributed by atoms with Gasteiger partial charge in [-0.2, -0.15) is 0 Å². The van der Waals surface area contributed by atoms with E-state index >= 15 is 0 Å². The van der Waals surface area contributed by atoms with Crippen molar-refractivity contribution in [1.29, 1.82) is 0 Å². The van der Waals surface area contributed by atoms with Gasteiger partial charge >= 0.3 is 0 Å². The number of hydrogen-bond acceptors (Lipinski definition) is 4. The average molecular weight is 470 g/mol. The number of carbonyl (C=O) groups excluding carboxylic acids is 3. The highest BCUT2D eigenvalue weighted by Crippen LogP contribution is 2.32. The smallest absolute Gasteiger partial charge is 0.254 e. The number of rotatable bonds is 3. The van der Waals surface area contributed by atoms with Crippen molar-refractivity contribution in [2.75, 3.05) is 13.2 Å². The lowest BCUT2D eigenvalue weighted by Gasteiger charge is -2.28. The number of nitrogens with one attached hydrogen (secondary N) is 2. The van der Waals surface area contributed by atoms with E-state index in [1.54, 1.807) is 11.6 Å². The summed E-state index contributed by atoms with van der Waals surface area (Å²) in [6.07, 6.45) is 12.5. The van der Waals surface area contributed by atoms with E-state index in [2.05, 4.69) is 16.1 Å². The first kappa shape index (κ1) is 24.2. The predicted molar refractivity (Wildman–Crippen MR) is 125 cm³/mol. The number of nitrogens with zero attached hydrogens (tertiary/aromatic N) is 1. The van der Waals surface area contributed by atoms with E-state index in [1.807, 2.05) is 13.0 Å². The van der Waals surface area contributed by atoms with E-state index in [0.717, 1.165) is 51.4 Å². The largest absolute Gasteiger partial charge is 0.342 e. The van der Waals surface area contributed by atoms with Gasteiger partial charge in [0.05, 0.1) is 9.30 Å². The Kier molecular flexibility index (Phi) is 8.57. The van der Waals surface area contributed by atoms with Crippen molar-refractivity contribution in [3.8, 4) is 0 Å². The Morgan fingerprint density at radius 1 is 1.16 bits per heavy atom. The fourth-order valence-corrected chi connectivity index (χ4v) is 8.17. The van der Waals surface area contributed by atoms with Crippen molar-refractivity contribution in [3.05, 3.63) is 12.2 Å². The van der Waals surface area contributed by atoms with Crippen LogP contribution in [-0.2, 0) is 23.7 Å². The molecule has 0 radical (unpaired) electrons. The topological polar surface area (TPSA) is 95.6 Å². The minimum absolute atomic E-state index is 0.0289. The van der Waals surface area contributed by atoms with Crippen LogP contribution in [0.3, 0.4) is 0 Å². The highest BCUT2D eigenvalue weighted by atomic mass is 32.5. The first-order chi connectivity index (χ1) is 14.9. The lowest BCUT2D eigenvalue weighted by Crippen LogP contribution is -2.55. The Balaban J connectivity index is 1.81. The van der Waals surface area contributed by atoms with Crippen LogP contribution in [0, 0.1) is 5.92 Å². The Labute approximate surface area is 187 Å². The molecule has 2 heterocycles. The van der Waals surface area contributed by atoms with Crippen molar-refractivity contribution >= 4 is 34.4 Å². The number of fused-ring (bicyclic) bond motifs is 1. The molecule has 0 aromatic heterocycles. The van der Waals surface area contributed by atoms with Gasteiger partial charge in [0.15, 0.2) is 0 Å². The van der Waals surface area contributed by atoms with E-state index in [-0.39, 0.29) is 23.0 Å². The molecule has 9 heteroatoms. The monoisotopic (exact) mass is 469 g/mol. The zero-order chi connectivity index (χ0) is 22.4. The van der Waals surface area contributed by atoms with E-state index in [4.69, 9.17) is 0 Å². The molecule has 2 fully saturated rings. The maximum atomic E-state index is 13.2. The minimum Gasteiger partial charge on any atom is -0.342 e. The molecule has 0 aromatic rings. The van der Waals surface area contributed by atoms with Gasteiger partial charge in [0.1, 0.15) is 12.1 Å². The molecule has 0 spiro atoms. The Morgan fingerprint density at radius 3 is 2.61 bits per heavy atom. The first-order valence-electron chi connectivity index (χ1n) is 11.6. The molecule has 0 bridgehead atoms. The van der Waals surface area contributed by atoms with Crippen molar-refractivity contribution in [2.45, 2.75) is 88.5 Å². The third kappa shape index (κ3) is 6.32. The number of allylic oxidation sites excluding steroid dienone is 1. The molecule has 2 N–H and O–H groups in total. The molecule has 3 amide bonds. The van der Waals surface area contributed by atoms with Gasteiger partial charge in [0, 0.05) is 24.1 Å². The fourth-order valence-electron chi connectivity index (χ4n) is 4.35. The molecule has 174 valence electrons. The second-order valence-electron chi connectivity index (χ2n) is 8.89. The van der Waals surface area contributed by atoms with Gasteiger partial charge in [-0.3, -0.25) is 19.1 Å². The summed E-state index contributed by atoms with van der Waals surface area (Å²) in [4.78, 5) is 40.7. The Morgan fingerprint density at radius 2 is 1.90 bits per heavy atom. The molecule has 31 heavy (non-hydrogen) atoms. The average Bonchev–Trinajstić information content (AvgIpc) is 3.50. The van der Waals surface area contributed by atoms with Crippen LogP contribution in [0.4, 0.5) is 0 Å². The number of carbonyl (C=O) groups is 3. The van der Waals surface area contributed by atoms with E-state index in [1.165, 1.54) is 0 Å². The van der Waals surface area contributed by atoms with Crippen LogP contribution in [0.15, 0.2) is 12.2 Å². The summed E-state index contributed by atoms with van der Waals surface area (Å²) in [6.45, 7) is 4.30. The molecule has 4 atom stereocenters. The van der Waals surface area contributed by atoms with E-state index in [0.29, 0.717) is 26.7 Å². The summed E-state index contributed by atoms with van der Waals surface area (Å²) in [5.74, 6) is -0.887. The lowest BCUT2D eigenvalue weighted by atomic mass is 9.99. The Hall–Kier alpha value is -1.40. The van der Waals surface area contributed by atoms with Crippen LogP contribution in [0.5, 0.6) is 0 Å². The molecule has 1 saturated carbocycles. The third-order valence-corrected chi connectivity index (χ3v) is 11.6. The third-order valence-electron chi connectivity index (χ3n) is 6.43. The van der Waals surface area contributed by atoms with Gasteiger partial charge < -0.3 is 10.2 Å². The van der Waals surface area contributed by atoms with Crippen LogP contribution in [-0.4, -0.2) is 57.4 Å². The number of amides is 3. The quantitative estimate of drug-likeness (QED) is 0.491. The summed E-state index contributed by atoms with van der Waals surface area (Å²) >= 11 is 0. The molecule has 2 aliphatic heterocycles. The molecule has 1 saturated heterocycles. The molecule has 3 aliphatic rings. The molecular formula is C22H36N3O4PS. The minimum atomic E-state index is -2.48. The molecule has 1 aliphatic carbocycles. The summed E-state index contributed by atoms with van der Waals surface area (Å²) in [6, 6.07) is -1.34. The normalized spacial score (nSPS) is 31.7. The van der Waals surface area contributed by atoms with Crippen molar-refractivity contribution in [1.82, 2.24) is 14.9 Å². The standard InChI is InChI=1S/C22H36N3O4PS/c1-16-10-7-5-3-4-6-8-12-19(26)25-15-9-11-18(25)21(27)23-20(16)22(28)24-31(29,30-2)17-13-14-17/h7,10,16-18,20H,3-6,8-9,11-15H2,1-2H3,(H,23,27)(H,24,28,29)/b10-7-. The maximum absolute atomic E-state index is 13.2. The summed E-state index contributed by atoms with van der Waals surface area (Å²) in [5.41, 5.74) is 0. The van der Waals surface area contributed by atoms with Crippen LogP contribution in [0.25, 0.3) is 0 Å². The van der Waals surface area contributed by atoms with Gasteiger partial charge in [-0.15, -0.1) is 0 Å². The van der Waals surface area contributed by atoms with Crippen LogP contribution >= 0.6 is 7.36 Å². The van der Waals surface area contributed by atoms with Gasteiger partial charge in [-0.05, 0) is 59.0 Å². The van der Waals surface area contributed by atoms with Crippen molar-refractivity contribution < 1.29 is 18.6 Å². The highest BCUT2D eigenvalue weighted by molar-refractivity contribution is 8.24. The number of hydrogen-bond donors (Lipinski definition) is 2. The zero-order valence-electron chi connectivity index (χ0n) is 18.7. The molecule has 0 aromatic carbocycles. The van der Waals surface area contributed by atoms with Gasteiger partial charge in [0.25, 0.3) is 5.91 Å². The first-order valence-corrected chi connectivity index (χ1v) is 15.1. The van der Waals surface area contributed by atoms with Gasteiger partial charge in [-0.25, -0.2) is 4.21 Å². The van der Waals surface area contributed by atoms with E-state index in [9.17, 15) is 18.6 Å². The van der Waals surface area contributed by atoms with Gasteiger partial charge in [0.2, 0.25) is 11.8 Å². The van der Waals surface area contributed by atoms with Crippen molar-refractivity contribution in [2.24, 2.45) is 5.92 Å². The van der Waals surface area contributed by atoms with E-state index < -0.39 is 27.3 Å². The fraction of sp³-hybridized carbons (Fsp3) is 0.773. The zero-order valence-corrected chi connectivity index (χ0v) is 20.4. The van der Waals surface area contributed by atoms with Crippen LogP contribution < -0.4 is 10.0 Å². The Bertz CT molecular complexity index is 833. The SMILES string of the molecule is CP=S(=O)(NC(=O)C1NC(=O)C2CCCN2C(=O)CCCCCC/C=C\C1C)C1CC1. The second-order valence-corrected chi connectivity index (χ2v) is 14.0. The molecular weight excluding hydrogens is 433 g/mol. The summed E-state index contributed by atoms with van der Waals surface area (Å²) in [7, 11) is -1.81. The maximum Gasteiger partial charge on any atom is 0.254 e. The predicted octanol–water partition coefficient (Wildman–Crippen LogP) is 2.98. The highest BCUT2D eigenvalue weighted by Gasteiger charge is 2.39. The molecule has 7 nitrogen and oxygen atoms in total. The molecule has 4 unspecified atom stereocenters.